The van der Waals surface area contributed by atoms with Crippen LogP contribution in [0.1, 0.15) is 42.4 Å². The minimum absolute atomic E-state index is 0.428. The number of rotatable bonds is 2. The van der Waals surface area contributed by atoms with Crippen LogP contribution in [0.25, 0.3) is 0 Å². The number of hydrogen-bond donors (Lipinski definition) is 0. The predicted octanol–water partition coefficient (Wildman–Crippen LogP) is 4.51. The molecule has 1 aliphatic rings. The molecular weight excluding hydrogens is 248 g/mol. The first-order valence-corrected chi connectivity index (χ1v) is 6.94. The summed E-state index contributed by atoms with van der Waals surface area (Å²) in [4.78, 5) is 0. The molecule has 0 aliphatic heterocycles. The van der Waals surface area contributed by atoms with E-state index >= 15 is 0 Å². The van der Waals surface area contributed by atoms with Crippen molar-refractivity contribution < 1.29 is 0 Å². The molecule has 2 rings (SSSR count). The Kier molecular flexibility index (Phi) is 3.20. The van der Waals surface area contributed by atoms with Gasteiger partial charge in [-0.25, -0.2) is 0 Å². The first-order valence-electron chi connectivity index (χ1n) is 5.82. The third-order valence-electron chi connectivity index (χ3n) is 3.77. The van der Waals surface area contributed by atoms with Gasteiger partial charge in [0, 0.05) is 10.7 Å². The van der Waals surface area contributed by atoms with Crippen LogP contribution in [0.4, 0.5) is 0 Å². The largest absolute Gasteiger partial charge is 0.0918 e. The van der Waals surface area contributed by atoms with E-state index in [1.807, 2.05) is 0 Å². The quantitative estimate of drug-likeness (QED) is 0.691. The monoisotopic (exact) mass is 266 g/mol. The molecule has 0 bridgehead atoms. The molecule has 1 aromatic rings. The molecule has 0 atom stereocenters. The Morgan fingerprint density at radius 1 is 1.20 bits per heavy atom. The fourth-order valence-electron chi connectivity index (χ4n) is 2.94. The molecule has 1 aliphatic carbocycles. The first-order chi connectivity index (χ1) is 7.18. The highest BCUT2D eigenvalue weighted by atomic mass is 79.9. The first kappa shape index (κ1) is 11.2. The van der Waals surface area contributed by atoms with Gasteiger partial charge < -0.3 is 0 Å². The molecule has 0 heterocycles. The molecule has 0 N–H and O–H groups in total. The van der Waals surface area contributed by atoms with E-state index in [4.69, 9.17) is 0 Å². The molecule has 1 saturated carbocycles. The molecule has 0 amide bonds. The SMILES string of the molecule is Cc1ccc(C2(CBr)CCCC2)c(C)c1. The van der Waals surface area contributed by atoms with Crippen LogP contribution in [0.3, 0.4) is 0 Å². The molecular formula is C14H19Br. The van der Waals surface area contributed by atoms with Crippen molar-refractivity contribution in [3.63, 3.8) is 0 Å². The summed E-state index contributed by atoms with van der Waals surface area (Å²) in [6.07, 6.45) is 5.47. The van der Waals surface area contributed by atoms with E-state index in [1.165, 1.54) is 36.8 Å². The van der Waals surface area contributed by atoms with Crippen molar-refractivity contribution in [1.29, 1.82) is 0 Å². The third-order valence-corrected chi connectivity index (χ3v) is 4.84. The molecule has 1 fully saturated rings. The Morgan fingerprint density at radius 2 is 1.87 bits per heavy atom. The molecule has 1 aromatic carbocycles. The van der Waals surface area contributed by atoms with Gasteiger partial charge in [0.05, 0.1) is 0 Å². The average Bonchev–Trinajstić information content (AvgIpc) is 2.67. The smallest absolute Gasteiger partial charge is 0.0129 e. The maximum absolute atomic E-state index is 3.72. The Bertz CT molecular complexity index is 348. The fourth-order valence-corrected chi connectivity index (χ4v) is 3.80. The predicted molar refractivity (Wildman–Crippen MR) is 69.9 cm³/mol. The van der Waals surface area contributed by atoms with Crippen molar-refractivity contribution in [3.05, 3.63) is 34.9 Å². The number of halogens is 1. The van der Waals surface area contributed by atoms with Crippen molar-refractivity contribution in [2.24, 2.45) is 0 Å². The molecule has 0 unspecified atom stereocenters. The second-order valence-corrected chi connectivity index (χ2v) is 5.50. The summed E-state index contributed by atoms with van der Waals surface area (Å²) < 4.78 is 0. The van der Waals surface area contributed by atoms with Crippen LogP contribution in [0, 0.1) is 13.8 Å². The van der Waals surface area contributed by atoms with E-state index in [0.717, 1.165) is 5.33 Å². The van der Waals surface area contributed by atoms with Crippen molar-refractivity contribution in [1.82, 2.24) is 0 Å². The summed E-state index contributed by atoms with van der Waals surface area (Å²) in [5.74, 6) is 0. The summed E-state index contributed by atoms with van der Waals surface area (Å²) in [6, 6.07) is 6.92. The molecule has 0 nitrogen and oxygen atoms in total. The van der Waals surface area contributed by atoms with Gasteiger partial charge in [-0.15, -0.1) is 0 Å². The lowest BCUT2D eigenvalue weighted by Gasteiger charge is -2.29. The maximum atomic E-state index is 3.72. The van der Waals surface area contributed by atoms with Crippen molar-refractivity contribution in [2.75, 3.05) is 5.33 Å². The lowest BCUT2D eigenvalue weighted by Crippen LogP contribution is -2.25. The summed E-state index contributed by atoms with van der Waals surface area (Å²) >= 11 is 3.72. The average molecular weight is 267 g/mol. The van der Waals surface area contributed by atoms with Crippen LogP contribution in [0.15, 0.2) is 18.2 Å². The highest BCUT2D eigenvalue weighted by molar-refractivity contribution is 9.09. The maximum Gasteiger partial charge on any atom is 0.0129 e. The highest BCUT2D eigenvalue weighted by Crippen LogP contribution is 2.43. The molecule has 15 heavy (non-hydrogen) atoms. The number of hydrogen-bond acceptors (Lipinski definition) is 0. The second kappa shape index (κ2) is 4.29. The Balaban J connectivity index is 2.42. The normalized spacial score (nSPS) is 19.4. The van der Waals surface area contributed by atoms with Gasteiger partial charge in [-0.05, 0) is 37.8 Å². The number of aryl methyl sites for hydroxylation is 2. The standard InChI is InChI=1S/C14H19Br/c1-11-5-6-13(12(2)9-11)14(10-15)7-3-4-8-14/h5-6,9H,3-4,7-8,10H2,1-2H3. The van der Waals surface area contributed by atoms with Gasteiger partial charge in [-0.1, -0.05) is 52.5 Å². The fraction of sp³-hybridized carbons (Fsp3) is 0.571. The third kappa shape index (κ3) is 1.99. The van der Waals surface area contributed by atoms with Gasteiger partial charge >= 0.3 is 0 Å². The van der Waals surface area contributed by atoms with Crippen molar-refractivity contribution in [3.8, 4) is 0 Å². The molecule has 0 saturated heterocycles. The molecule has 0 radical (unpaired) electrons. The van der Waals surface area contributed by atoms with Gasteiger partial charge in [0.25, 0.3) is 0 Å². The van der Waals surface area contributed by atoms with Crippen LogP contribution < -0.4 is 0 Å². The zero-order valence-corrected chi connectivity index (χ0v) is 11.2. The molecule has 1 heteroatoms. The number of alkyl halides is 1. The van der Waals surface area contributed by atoms with Gasteiger partial charge in [0.2, 0.25) is 0 Å². The summed E-state index contributed by atoms with van der Waals surface area (Å²) in [7, 11) is 0. The topological polar surface area (TPSA) is 0 Å². The van der Waals surface area contributed by atoms with Gasteiger partial charge in [0.1, 0.15) is 0 Å². The summed E-state index contributed by atoms with van der Waals surface area (Å²) in [6.45, 7) is 4.43. The van der Waals surface area contributed by atoms with Crippen LogP contribution in [0.5, 0.6) is 0 Å². The lowest BCUT2D eigenvalue weighted by molar-refractivity contribution is 0.502. The zero-order valence-electron chi connectivity index (χ0n) is 9.65. The van der Waals surface area contributed by atoms with E-state index in [2.05, 4.69) is 48.0 Å². The van der Waals surface area contributed by atoms with E-state index in [9.17, 15) is 0 Å². The van der Waals surface area contributed by atoms with Gasteiger partial charge in [0.15, 0.2) is 0 Å². The molecule has 82 valence electrons. The van der Waals surface area contributed by atoms with Crippen LogP contribution in [-0.2, 0) is 5.41 Å². The van der Waals surface area contributed by atoms with E-state index in [1.54, 1.807) is 5.56 Å². The van der Waals surface area contributed by atoms with E-state index in [-0.39, 0.29) is 0 Å². The zero-order chi connectivity index (χ0) is 10.9. The summed E-state index contributed by atoms with van der Waals surface area (Å²) in [5.41, 5.74) is 4.84. The molecule has 0 aromatic heterocycles. The van der Waals surface area contributed by atoms with Gasteiger partial charge in [-0.3, -0.25) is 0 Å². The number of benzene rings is 1. The lowest BCUT2D eigenvalue weighted by atomic mass is 9.78. The summed E-state index contributed by atoms with van der Waals surface area (Å²) in [5, 5.41) is 1.11. The Labute approximate surface area is 101 Å². The van der Waals surface area contributed by atoms with Gasteiger partial charge in [-0.2, -0.15) is 0 Å². The minimum Gasteiger partial charge on any atom is -0.0918 e. The highest BCUT2D eigenvalue weighted by Gasteiger charge is 2.35. The minimum atomic E-state index is 0.428. The van der Waals surface area contributed by atoms with Crippen LogP contribution >= 0.6 is 15.9 Å². The van der Waals surface area contributed by atoms with Crippen LogP contribution in [-0.4, -0.2) is 5.33 Å². The van der Waals surface area contributed by atoms with E-state index in [0.29, 0.717) is 5.41 Å². The Morgan fingerprint density at radius 3 is 2.40 bits per heavy atom. The Hall–Kier alpha value is -0.300. The molecule has 0 spiro atoms. The van der Waals surface area contributed by atoms with Crippen molar-refractivity contribution >= 4 is 15.9 Å². The second-order valence-electron chi connectivity index (χ2n) is 4.94. The van der Waals surface area contributed by atoms with E-state index < -0.39 is 0 Å². The van der Waals surface area contributed by atoms with Crippen molar-refractivity contribution in [2.45, 2.75) is 44.9 Å². The van der Waals surface area contributed by atoms with Crippen LogP contribution in [0.2, 0.25) is 0 Å².